The molecule has 0 aliphatic rings. The molecule has 0 saturated carbocycles. The van der Waals surface area contributed by atoms with Gasteiger partial charge in [0.05, 0.1) is 5.69 Å². The lowest BCUT2D eigenvalue weighted by molar-refractivity contribution is -0.118. The first kappa shape index (κ1) is 12.4. The number of nitrogens with one attached hydrogen (secondary N) is 1. The van der Waals surface area contributed by atoms with Crippen LogP contribution >= 0.6 is 11.6 Å². The fraction of sp³-hybridized carbons (Fsp3) is 0.200. The Labute approximate surface area is 107 Å². The Hall–Kier alpha value is -2.02. The summed E-state index contributed by atoms with van der Waals surface area (Å²) in [7, 11) is 0. The topological polar surface area (TPSA) is 72.7 Å². The second-order valence-electron chi connectivity index (χ2n) is 3.48. The van der Waals surface area contributed by atoms with Gasteiger partial charge in [0.1, 0.15) is 0 Å². The molecule has 1 heterocycles. The molecule has 1 unspecified atom stereocenters. The number of tetrazole rings is 1. The number of rotatable bonds is 3. The molecule has 1 amide bonds. The van der Waals surface area contributed by atoms with Crippen molar-refractivity contribution in [1.29, 1.82) is 0 Å². The highest BCUT2D eigenvalue weighted by Gasteiger charge is 2.13. The molecule has 6 nitrogen and oxygen atoms in total. The highest BCUT2D eigenvalue weighted by molar-refractivity contribution is 6.31. The molecule has 1 atom stereocenters. The third-order valence-electron chi connectivity index (χ3n) is 2.18. The summed E-state index contributed by atoms with van der Waals surface area (Å²) in [6, 6.07) is 6.67. The molecule has 18 heavy (non-hydrogen) atoms. The number of alkyl halides is 2. The van der Waals surface area contributed by atoms with E-state index in [-0.39, 0.29) is 0 Å². The van der Waals surface area contributed by atoms with Crippen molar-refractivity contribution < 1.29 is 9.18 Å². The van der Waals surface area contributed by atoms with E-state index in [0.29, 0.717) is 17.2 Å². The normalized spacial score (nSPS) is 12.2. The SMILES string of the molecule is Cc1nnnn1-c1cccc(NC(=O)C(F)Cl)c1. The van der Waals surface area contributed by atoms with E-state index in [1.165, 1.54) is 4.68 Å². The van der Waals surface area contributed by atoms with Crippen molar-refractivity contribution in [2.75, 3.05) is 5.32 Å². The van der Waals surface area contributed by atoms with Gasteiger partial charge >= 0.3 is 0 Å². The number of benzene rings is 1. The second-order valence-corrected chi connectivity index (χ2v) is 3.86. The molecule has 0 aliphatic carbocycles. The van der Waals surface area contributed by atoms with Crippen LogP contribution in [-0.2, 0) is 4.79 Å². The number of carbonyl (C=O) groups excluding carboxylic acids is 1. The molecule has 0 aliphatic heterocycles. The number of amides is 1. The Balaban J connectivity index is 2.26. The van der Waals surface area contributed by atoms with Crippen molar-refractivity contribution in [1.82, 2.24) is 20.2 Å². The van der Waals surface area contributed by atoms with Crippen LogP contribution in [0.2, 0.25) is 0 Å². The summed E-state index contributed by atoms with van der Waals surface area (Å²) >= 11 is 5.03. The number of halogens is 2. The molecular formula is C10H9ClFN5O. The minimum atomic E-state index is -2.08. The Kier molecular flexibility index (Phi) is 3.52. The molecule has 1 aromatic carbocycles. The zero-order valence-electron chi connectivity index (χ0n) is 9.34. The van der Waals surface area contributed by atoms with Gasteiger partial charge in [0, 0.05) is 5.69 Å². The summed E-state index contributed by atoms with van der Waals surface area (Å²) < 4.78 is 14.0. The summed E-state index contributed by atoms with van der Waals surface area (Å²) in [5.74, 6) is -0.318. The first-order valence-electron chi connectivity index (χ1n) is 5.02. The van der Waals surface area contributed by atoms with Crippen LogP contribution in [0, 0.1) is 6.92 Å². The summed E-state index contributed by atoms with van der Waals surface area (Å²) in [6.45, 7) is 1.74. The summed E-state index contributed by atoms with van der Waals surface area (Å²) in [4.78, 5) is 11.1. The van der Waals surface area contributed by atoms with Crippen LogP contribution in [0.5, 0.6) is 0 Å². The van der Waals surface area contributed by atoms with Crippen LogP contribution in [0.1, 0.15) is 5.82 Å². The van der Waals surface area contributed by atoms with Gasteiger partial charge in [-0.2, -0.15) is 4.68 Å². The third-order valence-corrected chi connectivity index (χ3v) is 2.38. The smallest absolute Gasteiger partial charge is 0.274 e. The molecule has 2 aromatic rings. The van der Waals surface area contributed by atoms with Gasteiger partial charge in [0.15, 0.2) is 5.82 Å². The highest BCUT2D eigenvalue weighted by Crippen LogP contribution is 2.15. The largest absolute Gasteiger partial charge is 0.322 e. The molecule has 8 heteroatoms. The van der Waals surface area contributed by atoms with Gasteiger partial charge in [-0.15, -0.1) is 5.10 Å². The lowest BCUT2D eigenvalue weighted by Gasteiger charge is -2.07. The van der Waals surface area contributed by atoms with Gasteiger partial charge in [-0.1, -0.05) is 17.7 Å². The van der Waals surface area contributed by atoms with E-state index in [4.69, 9.17) is 11.6 Å². The quantitative estimate of drug-likeness (QED) is 0.856. The van der Waals surface area contributed by atoms with Crippen molar-refractivity contribution in [2.24, 2.45) is 0 Å². The summed E-state index contributed by atoms with van der Waals surface area (Å²) in [5.41, 5.74) is -1.01. The Morgan fingerprint density at radius 2 is 2.33 bits per heavy atom. The van der Waals surface area contributed by atoms with E-state index >= 15 is 0 Å². The van der Waals surface area contributed by atoms with E-state index in [1.807, 2.05) is 0 Å². The van der Waals surface area contributed by atoms with Crippen LogP contribution in [0.3, 0.4) is 0 Å². The van der Waals surface area contributed by atoms with Crippen LogP contribution in [-0.4, -0.2) is 31.7 Å². The number of anilines is 1. The summed E-state index contributed by atoms with van der Waals surface area (Å²) in [6.07, 6.45) is 0. The highest BCUT2D eigenvalue weighted by atomic mass is 35.5. The predicted molar refractivity (Wildman–Crippen MR) is 63.3 cm³/mol. The Bertz CT molecular complexity index is 571. The van der Waals surface area contributed by atoms with Crippen molar-refractivity contribution in [2.45, 2.75) is 12.6 Å². The number of hydrogen-bond donors (Lipinski definition) is 1. The van der Waals surface area contributed by atoms with Crippen molar-refractivity contribution in [3.8, 4) is 5.69 Å². The molecule has 2 rings (SSSR count). The second kappa shape index (κ2) is 5.09. The maximum Gasteiger partial charge on any atom is 0.274 e. The minimum absolute atomic E-state index is 0.413. The number of carbonyl (C=O) groups is 1. The maximum atomic E-state index is 12.5. The lowest BCUT2D eigenvalue weighted by atomic mass is 10.2. The zero-order valence-corrected chi connectivity index (χ0v) is 10.1. The average Bonchev–Trinajstić information content (AvgIpc) is 2.75. The molecule has 1 N–H and O–H groups in total. The maximum absolute atomic E-state index is 12.5. The van der Waals surface area contributed by atoms with E-state index < -0.39 is 11.5 Å². The first-order chi connectivity index (χ1) is 8.58. The van der Waals surface area contributed by atoms with Gasteiger partial charge in [-0.25, -0.2) is 4.39 Å². The predicted octanol–water partition coefficient (Wildman–Crippen LogP) is 1.44. The van der Waals surface area contributed by atoms with Crippen molar-refractivity contribution in [3.05, 3.63) is 30.1 Å². The van der Waals surface area contributed by atoms with Gasteiger partial charge in [0.2, 0.25) is 0 Å². The Morgan fingerprint density at radius 3 is 2.94 bits per heavy atom. The molecule has 0 saturated heterocycles. The van der Waals surface area contributed by atoms with Crippen molar-refractivity contribution >= 4 is 23.2 Å². The fourth-order valence-corrected chi connectivity index (χ4v) is 1.44. The number of hydrogen-bond acceptors (Lipinski definition) is 4. The van der Waals surface area contributed by atoms with E-state index in [9.17, 15) is 9.18 Å². The monoisotopic (exact) mass is 269 g/mol. The van der Waals surface area contributed by atoms with E-state index in [1.54, 1.807) is 31.2 Å². The summed E-state index contributed by atoms with van der Waals surface area (Å²) in [5, 5.41) is 13.4. The fourth-order valence-electron chi connectivity index (χ4n) is 1.38. The molecule has 94 valence electrons. The molecule has 0 radical (unpaired) electrons. The Morgan fingerprint density at radius 1 is 1.56 bits per heavy atom. The van der Waals surface area contributed by atoms with Gasteiger partial charge in [-0.05, 0) is 35.5 Å². The van der Waals surface area contributed by atoms with Crippen LogP contribution in [0.4, 0.5) is 10.1 Å². The molecular weight excluding hydrogens is 261 g/mol. The van der Waals surface area contributed by atoms with Crippen LogP contribution in [0.15, 0.2) is 24.3 Å². The van der Waals surface area contributed by atoms with Crippen LogP contribution in [0.25, 0.3) is 5.69 Å². The van der Waals surface area contributed by atoms with Gasteiger partial charge in [-0.3, -0.25) is 4.79 Å². The average molecular weight is 270 g/mol. The van der Waals surface area contributed by atoms with Crippen molar-refractivity contribution in [3.63, 3.8) is 0 Å². The third kappa shape index (κ3) is 2.62. The van der Waals surface area contributed by atoms with E-state index in [0.717, 1.165) is 0 Å². The zero-order chi connectivity index (χ0) is 13.1. The lowest BCUT2D eigenvalue weighted by Crippen LogP contribution is -2.19. The molecule has 0 bridgehead atoms. The molecule has 0 spiro atoms. The van der Waals surface area contributed by atoms with Gasteiger partial charge in [0.25, 0.3) is 11.5 Å². The standard InChI is InChI=1S/C10H9ClFN5O/c1-6-14-15-16-17(6)8-4-2-3-7(5-8)13-10(18)9(11)12/h2-5,9H,1H3,(H,13,18). The van der Waals surface area contributed by atoms with Crippen LogP contribution < -0.4 is 5.32 Å². The van der Waals surface area contributed by atoms with E-state index in [2.05, 4.69) is 20.8 Å². The number of aromatic nitrogens is 4. The molecule has 0 fully saturated rings. The van der Waals surface area contributed by atoms with Gasteiger partial charge < -0.3 is 5.32 Å². The molecule has 1 aromatic heterocycles. The number of nitrogens with zero attached hydrogens (tertiary/aromatic N) is 4. The first-order valence-corrected chi connectivity index (χ1v) is 5.46. The minimum Gasteiger partial charge on any atom is -0.322 e. The number of aryl methyl sites for hydroxylation is 1.